The van der Waals surface area contributed by atoms with Gasteiger partial charge in [-0.2, -0.15) is 0 Å². The average molecular weight is 415 g/mol. The molecule has 6 heteroatoms. The summed E-state index contributed by atoms with van der Waals surface area (Å²) in [5, 5.41) is 24.9. The Morgan fingerprint density at radius 3 is 2.29 bits per heavy atom. The summed E-state index contributed by atoms with van der Waals surface area (Å²) in [6, 6.07) is 12.1. The fourth-order valence-electron chi connectivity index (χ4n) is 3.48. The molecule has 0 amide bonds. The van der Waals surface area contributed by atoms with E-state index in [2.05, 4.69) is 45.4 Å². The molecule has 0 radical (unpaired) electrons. The van der Waals surface area contributed by atoms with E-state index < -0.39 is 5.60 Å². The molecule has 6 nitrogen and oxygen atoms in total. The van der Waals surface area contributed by atoms with E-state index in [9.17, 15) is 10.2 Å². The Hall–Kier alpha value is -3.51. The maximum Gasteiger partial charge on any atom is 0.216 e. The van der Waals surface area contributed by atoms with Gasteiger partial charge in [0.25, 0.3) is 0 Å². The van der Waals surface area contributed by atoms with E-state index in [-0.39, 0.29) is 5.88 Å². The molecule has 2 heterocycles. The van der Waals surface area contributed by atoms with Crippen molar-refractivity contribution >= 4 is 22.3 Å². The standard InChI is InChI=1S/C25H26N4O2/c1-14-6-7-15(2)21(10-14)28-22-16(3)23(30)29-20-9-8-17(11-19(20)22)18-12-26-24(27-13-18)25(4,5)31/h6-13,31H,1-5H3,(H2,28,29,30). The zero-order valence-electron chi connectivity index (χ0n) is 18.4. The minimum Gasteiger partial charge on any atom is -0.493 e. The SMILES string of the molecule is Cc1ccc(C)c(Nc2c(C)c(O)nc3ccc(-c4cnc(C(C)(C)O)nc4)cc23)c1. The van der Waals surface area contributed by atoms with Crippen LogP contribution in [0, 0.1) is 20.8 Å². The number of rotatable bonds is 4. The Morgan fingerprint density at radius 2 is 1.61 bits per heavy atom. The van der Waals surface area contributed by atoms with Crippen LogP contribution in [0.1, 0.15) is 36.4 Å². The van der Waals surface area contributed by atoms with E-state index in [0.29, 0.717) is 16.9 Å². The number of aromatic nitrogens is 3. The van der Waals surface area contributed by atoms with E-state index in [0.717, 1.165) is 39.0 Å². The van der Waals surface area contributed by atoms with Gasteiger partial charge in [-0.1, -0.05) is 18.2 Å². The predicted molar refractivity (Wildman–Crippen MR) is 124 cm³/mol. The smallest absolute Gasteiger partial charge is 0.216 e. The number of aryl methyl sites for hydroxylation is 2. The van der Waals surface area contributed by atoms with E-state index >= 15 is 0 Å². The van der Waals surface area contributed by atoms with Crippen LogP contribution < -0.4 is 5.32 Å². The monoisotopic (exact) mass is 414 g/mol. The number of hydrogen-bond donors (Lipinski definition) is 3. The molecular formula is C25H26N4O2. The number of aromatic hydroxyl groups is 1. The van der Waals surface area contributed by atoms with E-state index in [1.165, 1.54) is 0 Å². The highest BCUT2D eigenvalue weighted by molar-refractivity contribution is 5.98. The van der Waals surface area contributed by atoms with Crippen LogP contribution in [0.3, 0.4) is 0 Å². The quantitative estimate of drug-likeness (QED) is 0.420. The maximum absolute atomic E-state index is 10.4. The van der Waals surface area contributed by atoms with Gasteiger partial charge in [-0.15, -0.1) is 0 Å². The highest BCUT2D eigenvalue weighted by Gasteiger charge is 2.19. The normalized spacial score (nSPS) is 11.7. The fourth-order valence-corrected chi connectivity index (χ4v) is 3.48. The molecule has 0 fully saturated rings. The first-order valence-electron chi connectivity index (χ1n) is 10.2. The van der Waals surface area contributed by atoms with Crippen molar-refractivity contribution < 1.29 is 10.2 Å². The molecular weight excluding hydrogens is 388 g/mol. The zero-order chi connectivity index (χ0) is 22.3. The molecule has 0 saturated carbocycles. The lowest BCUT2D eigenvalue weighted by atomic mass is 10.0. The van der Waals surface area contributed by atoms with Crippen molar-refractivity contribution in [3.63, 3.8) is 0 Å². The second-order valence-electron chi connectivity index (χ2n) is 8.47. The van der Waals surface area contributed by atoms with Gasteiger partial charge in [0.2, 0.25) is 5.88 Å². The number of nitrogens with one attached hydrogen (secondary N) is 1. The summed E-state index contributed by atoms with van der Waals surface area (Å²) in [6.07, 6.45) is 3.42. The molecule has 0 saturated heterocycles. The number of aliphatic hydroxyl groups is 1. The second-order valence-corrected chi connectivity index (χ2v) is 8.47. The molecule has 0 aliphatic heterocycles. The molecule has 0 spiro atoms. The van der Waals surface area contributed by atoms with Crippen molar-refractivity contribution in [2.24, 2.45) is 0 Å². The topological polar surface area (TPSA) is 91.2 Å². The zero-order valence-corrected chi connectivity index (χ0v) is 18.4. The lowest BCUT2D eigenvalue weighted by Gasteiger charge is -2.17. The Morgan fingerprint density at radius 1 is 0.903 bits per heavy atom. The molecule has 3 N–H and O–H groups in total. The molecule has 0 bridgehead atoms. The molecule has 0 aliphatic rings. The number of benzene rings is 2. The van der Waals surface area contributed by atoms with Crippen molar-refractivity contribution in [2.45, 2.75) is 40.2 Å². The summed E-state index contributed by atoms with van der Waals surface area (Å²) in [6.45, 7) is 9.26. The number of nitrogens with zero attached hydrogens (tertiary/aromatic N) is 3. The predicted octanol–water partition coefficient (Wildman–Crippen LogP) is 5.29. The molecule has 31 heavy (non-hydrogen) atoms. The number of pyridine rings is 1. The summed E-state index contributed by atoms with van der Waals surface area (Å²) in [7, 11) is 0. The van der Waals surface area contributed by atoms with Gasteiger partial charge in [-0.05, 0) is 69.5 Å². The van der Waals surface area contributed by atoms with Crippen LogP contribution in [0.2, 0.25) is 0 Å². The first kappa shape index (κ1) is 20.8. The van der Waals surface area contributed by atoms with Crippen LogP contribution >= 0.6 is 0 Å². The van der Waals surface area contributed by atoms with Gasteiger partial charge in [0.15, 0.2) is 5.82 Å². The molecule has 2 aromatic heterocycles. The Bertz CT molecular complexity index is 1280. The van der Waals surface area contributed by atoms with Crippen LogP contribution in [0.4, 0.5) is 11.4 Å². The Balaban J connectivity index is 1.84. The summed E-state index contributed by atoms with van der Waals surface area (Å²) in [4.78, 5) is 13.0. The van der Waals surface area contributed by atoms with Crippen LogP contribution in [0.25, 0.3) is 22.0 Å². The highest BCUT2D eigenvalue weighted by atomic mass is 16.3. The number of anilines is 2. The van der Waals surface area contributed by atoms with E-state index in [4.69, 9.17) is 0 Å². The van der Waals surface area contributed by atoms with Crippen molar-refractivity contribution in [1.29, 1.82) is 0 Å². The summed E-state index contributed by atoms with van der Waals surface area (Å²) in [5.41, 5.74) is 6.09. The first-order valence-corrected chi connectivity index (χ1v) is 10.2. The molecule has 4 aromatic rings. The Labute approximate surface area is 181 Å². The molecule has 0 atom stereocenters. The maximum atomic E-state index is 10.4. The fraction of sp³-hybridized carbons (Fsp3) is 0.240. The number of hydrogen-bond acceptors (Lipinski definition) is 6. The average Bonchev–Trinajstić information content (AvgIpc) is 2.73. The molecule has 158 valence electrons. The molecule has 0 aliphatic carbocycles. The molecule has 4 rings (SSSR count). The largest absolute Gasteiger partial charge is 0.493 e. The Kier molecular flexibility index (Phi) is 5.11. The second kappa shape index (κ2) is 7.63. The van der Waals surface area contributed by atoms with E-state index in [1.54, 1.807) is 26.2 Å². The third-order valence-corrected chi connectivity index (χ3v) is 5.39. The van der Waals surface area contributed by atoms with Gasteiger partial charge in [-0.3, -0.25) is 0 Å². The first-order chi connectivity index (χ1) is 14.6. The van der Waals surface area contributed by atoms with Gasteiger partial charge < -0.3 is 15.5 Å². The summed E-state index contributed by atoms with van der Waals surface area (Å²) >= 11 is 0. The van der Waals surface area contributed by atoms with Gasteiger partial charge >= 0.3 is 0 Å². The van der Waals surface area contributed by atoms with Crippen LogP contribution in [-0.4, -0.2) is 25.2 Å². The van der Waals surface area contributed by atoms with Gasteiger partial charge in [0.05, 0.1) is 11.2 Å². The van der Waals surface area contributed by atoms with Gasteiger partial charge in [0.1, 0.15) is 5.60 Å². The van der Waals surface area contributed by atoms with Crippen LogP contribution in [-0.2, 0) is 5.60 Å². The summed E-state index contributed by atoms with van der Waals surface area (Å²) in [5.74, 6) is 0.377. The van der Waals surface area contributed by atoms with Gasteiger partial charge in [-0.25, -0.2) is 15.0 Å². The minimum atomic E-state index is -1.09. The molecule has 2 aromatic carbocycles. The summed E-state index contributed by atoms with van der Waals surface area (Å²) < 4.78 is 0. The lowest BCUT2D eigenvalue weighted by Crippen LogP contribution is -2.19. The van der Waals surface area contributed by atoms with Gasteiger partial charge in [0, 0.05) is 34.6 Å². The van der Waals surface area contributed by atoms with E-state index in [1.807, 2.05) is 32.0 Å². The third-order valence-electron chi connectivity index (χ3n) is 5.39. The minimum absolute atomic E-state index is 0.00548. The molecule has 0 unspecified atom stereocenters. The highest BCUT2D eigenvalue weighted by Crippen LogP contribution is 2.36. The third kappa shape index (κ3) is 4.07. The van der Waals surface area contributed by atoms with Crippen molar-refractivity contribution in [3.05, 3.63) is 71.3 Å². The number of fused-ring (bicyclic) bond motifs is 1. The lowest BCUT2D eigenvalue weighted by molar-refractivity contribution is 0.0687. The van der Waals surface area contributed by atoms with Crippen LogP contribution in [0.15, 0.2) is 48.8 Å². The van der Waals surface area contributed by atoms with Crippen LogP contribution in [0.5, 0.6) is 5.88 Å². The van der Waals surface area contributed by atoms with Crippen molar-refractivity contribution in [3.8, 4) is 17.0 Å². The van der Waals surface area contributed by atoms with Crippen molar-refractivity contribution in [2.75, 3.05) is 5.32 Å². The van der Waals surface area contributed by atoms with Crippen molar-refractivity contribution in [1.82, 2.24) is 15.0 Å².